The second-order valence-corrected chi connectivity index (χ2v) is 11.1. The van der Waals surface area contributed by atoms with Crippen LogP contribution in [0.2, 0.25) is 0 Å². The first-order chi connectivity index (χ1) is 17.2. The van der Waals surface area contributed by atoms with Crippen LogP contribution in [0.5, 0.6) is 5.75 Å². The van der Waals surface area contributed by atoms with E-state index in [2.05, 4.69) is 32.9 Å². The molecule has 36 heavy (non-hydrogen) atoms. The molecule has 1 fully saturated rings. The van der Waals surface area contributed by atoms with E-state index >= 15 is 0 Å². The molecule has 1 aromatic rings. The van der Waals surface area contributed by atoms with Crippen LogP contribution in [0.25, 0.3) is 0 Å². The topological polar surface area (TPSA) is 85.2 Å². The van der Waals surface area contributed by atoms with Crippen molar-refractivity contribution < 1.29 is 29.2 Å². The zero-order valence-corrected chi connectivity index (χ0v) is 22.0. The van der Waals surface area contributed by atoms with E-state index in [1.54, 1.807) is 6.92 Å². The van der Waals surface area contributed by atoms with E-state index in [-0.39, 0.29) is 30.0 Å². The third-order valence-electron chi connectivity index (χ3n) is 7.98. The fraction of sp³-hybridized carbons (Fsp3) is 0.633. The largest absolute Gasteiger partial charge is 0.479 e. The first kappa shape index (κ1) is 26.9. The number of hydrogen-bond acceptors (Lipinski definition) is 6. The number of allylic oxidation sites excluding steroid dienone is 2. The van der Waals surface area contributed by atoms with Gasteiger partial charge in [-0.2, -0.15) is 0 Å². The highest BCUT2D eigenvalue weighted by atomic mass is 16.6. The molecule has 0 spiro atoms. The van der Waals surface area contributed by atoms with Crippen molar-refractivity contribution in [2.24, 2.45) is 17.8 Å². The number of esters is 1. The standard InChI is InChI=1S/C30H42O6/c1-18(2)25-7-5-6-8-27(25)35-20(4)30(33)36-28-17-23(32)15-21-10-9-19(3)26(29(21)28)12-11-24-16-22(31)13-14-34-24/h5-10,15,18-20,22-24,26,28-29,31-32H,11-14,16-17H2,1-4H3/t19-,20?,22+,23+,24+,26-,28-,29-/m0/s1. The maximum atomic E-state index is 13.2. The van der Waals surface area contributed by atoms with Gasteiger partial charge in [0.1, 0.15) is 11.9 Å². The molecule has 4 rings (SSSR count). The number of aliphatic hydroxyl groups is 2. The molecule has 0 aromatic heterocycles. The molecule has 3 aliphatic rings. The lowest BCUT2D eigenvalue weighted by Gasteiger charge is -2.43. The Morgan fingerprint density at radius 1 is 1.14 bits per heavy atom. The number of ether oxygens (including phenoxy) is 3. The van der Waals surface area contributed by atoms with E-state index in [1.807, 2.05) is 30.3 Å². The summed E-state index contributed by atoms with van der Waals surface area (Å²) in [7, 11) is 0. The van der Waals surface area contributed by atoms with Crippen molar-refractivity contribution in [1.82, 2.24) is 0 Å². The van der Waals surface area contributed by atoms with Crippen LogP contribution in [0.1, 0.15) is 71.3 Å². The number of rotatable bonds is 8. The highest BCUT2D eigenvalue weighted by Crippen LogP contribution is 2.44. The molecule has 0 bridgehead atoms. The molecule has 0 radical (unpaired) electrons. The Hall–Kier alpha value is -2.15. The minimum Gasteiger partial charge on any atom is -0.479 e. The summed E-state index contributed by atoms with van der Waals surface area (Å²) in [5.74, 6) is 1.14. The molecular formula is C30H42O6. The molecule has 6 nitrogen and oxygen atoms in total. The van der Waals surface area contributed by atoms with Crippen molar-refractivity contribution in [2.45, 2.75) is 96.2 Å². The second kappa shape index (κ2) is 11.9. The van der Waals surface area contributed by atoms with E-state index in [0.717, 1.165) is 24.0 Å². The number of aliphatic hydroxyl groups excluding tert-OH is 2. The summed E-state index contributed by atoms with van der Waals surface area (Å²) >= 11 is 0. The third kappa shape index (κ3) is 6.39. The molecule has 1 aromatic carbocycles. The average molecular weight is 499 g/mol. The summed E-state index contributed by atoms with van der Waals surface area (Å²) in [5, 5.41) is 20.6. The highest BCUT2D eigenvalue weighted by Gasteiger charge is 2.42. The molecule has 1 heterocycles. The smallest absolute Gasteiger partial charge is 0.347 e. The van der Waals surface area contributed by atoms with Gasteiger partial charge in [0.05, 0.1) is 18.3 Å². The van der Waals surface area contributed by atoms with Crippen LogP contribution >= 0.6 is 0 Å². The van der Waals surface area contributed by atoms with Crippen molar-refractivity contribution >= 4 is 5.97 Å². The van der Waals surface area contributed by atoms with Gasteiger partial charge in [0.25, 0.3) is 0 Å². The number of carbonyl (C=O) groups excluding carboxylic acids is 1. The van der Waals surface area contributed by atoms with Crippen LogP contribution in [0.4, 0.5) is 0 Å². The van der Waals surface area contributed by atoms with Gasteiger partial charge in [-0.15, -0.1) is 0 Å². The predicted octanol–water partition coefficient (Wildman–Crippen LogP) is 4.94. The maximum absolute atomic E-state index is 13.2. The number of fused-ring (bicyclic) bond motifs is 1. The fourth-order valence-corrected chi connectivity index (χ4v) is 5.97. The molecule has 2 aliphatic carbocycles. The van der Waals surface area contributed by atoms with Crippen molar-refractivity contribution in [3.63, 3.8) is 0 Å². The highest BCUT2D eigenvalue weighted by molar-refractivity contribution is 5.75. The van der Waals surface area contributed by atoms with E-state index < -0.39 is 24.3 Å². The summed E-state index contributed by atoms with van der Waals surface area (Å²) in [6.07, 6.45) is 7.63. The molecule has 1 aliphatic heterocycles. The summed E-state index contributed by atoms with van der Waals surface area (Å²) in [5.41, 5.74) is 2.09. The Labute approximate surface area is 215 Å². The normalized spacial score (nSPS) is 33.0. The SMILES string of the molecule is CC(Oc1ccccc1C(C)C)C(=O)O[C@H]1C[C@H](O)C=C2C=C[C@H](C)[C@H](CC[C@@H]3C[C@H](O)CCO3)[C@H]21. The molecule has 1 unspecified atom stereocenters. The van der Waals surface area contributed by atoms with Gasteiger partial charge >= 0.3 is 5.97 Å². The number of hydrogen-bond donors (Lipinski definition) is 2. The summed E-state index contributed by atoms with van der Waals surface area (Å²) in [6, 6.07) is 7.78. The van der Waals surface area contributed by atoms with Crippen molar-refractivity contribution in [3.8, 4) is 5.75 Å². The van der Waals surface area contributed by atoms with Gasteiger partial charge in [0, 0.05) is 18.9 Å². The van der Waals surface area contributed by atoms with Gasteiger partial charge in [-0.05, 0) is 67.6 Å². The van der Waals surface area contributed by atoms with Gasteiger partial charge in [-0.25, -0.2) is 4.79 Å². The average Bonchev–Trinajstić information content (AvgIpc) is 2.83. The van der Waals surface area contributed by atoms with Gasteiger partial charge < -0.3 is 24.4 Å². The lowest BCUT2D eigenvalue weighted by Crippen LogP contribution is -2.44. The molecule has 1 saturated heterocycles. The van der Waals surface area contributed by atoms with Gasteiger partial charge in [0.15, 0.2) is 6.10 Å². The third-order valence-corrected chi connectivity index (χ3v) is 7.98. The lowest BCUT2D eigenvalue weighted by atomic mass is 9.66. The van der Waals surface area contributed by atoms with Crippen molar-refractivity contribution in [2.75, 3.05) is 6.61 Å². The van der Waals surface area contributed by atoms with Crippen molar-refractivity contribution in [3.05, 3.63) is 53.6 Å². The van der Waals surface area contributed by atoms with E-state index in [0.29, 0.717) is 37.5 Å². The molecular weight excluding hydrogens is 456 g/mol. The van der Waals surface area contributed by atoms with E-state index in [1.165, 1.54) is 0 Å². The Kier molecular flexibility index (Phi) is 8.91. The van der Waals surface area contributed by atoms with Crippen LogP contribution in [-0.2, 0) is 14.3 Å². The fourth-order valence-electron chi connectivity index (χ4n) is 5.97. The Balaban J connectivity index is 1.46. The quantitative estimate of drug-likeness (QED) is 0.494. The Bertz CT molecular complexity index is 953. The molecule has 8 atom stereocenters. The first-order valence-electron chi connectivity index (χ1n) is 13.6. The van der Waals surface area contributed by atoms with Crippen molar-refractivity contribution in [1.29, 1.82) is 0 Å². The Morgan fingerprint density at radius 2 is 1.92 bits per heavy atom. The molecule has 198 valence electrons. The van der Waals surface area contributed by atoms with Gasteiger partial charge in [-0.1, -0.05) is 57.2 Å². The zero-order chi connectivity index (χ0) is 25.8. The summed E-state index contributed by atoms with van der Waals surface area (Å²) < 4.78 is 18.0. The van der Waals surface area contributed by atoms with Crippen LogP contribution < -0.4 is 4.74 Å². The summed E-state index contributed by atoms with van der Waals surface area (Å²) in [4.78, 5) is 13.2. The van der Waals surface area contributed by atoms with E-state index in [9.17, 15) is 15.0 Å². The van der Waals surface area contributed by atoms with Crippen LogP contribution in [0.3, 0.4) is 0 Å². The number of carbonyl (C=O) groups is 1. The molecule has 0 saturated carbocycles. The van der Waals surface area contributed by atoms with Gasteiger partial charge in [0.2, 0.25) is 0 Å². The maximum Gasteiger partial charge on any atom is 0.347 e. The molecule has 2 N–H and O–H groups in total. The lowest BCUT2D eigenvalue weighted by molar-refractivity contribution is -0.162. The minimum atomic E-state index is -0.761. The van der Waals surface area contributed by atoms with Crippen LogP contribution in [0, 0.1) is 17.8 Å². The number of benzene rings is 1. The molecule has 0 amide bonds. The predicted molar refractivity (Wildman–Crippen MR) is 139 cm³/mol. The van der Waals surface area contributed by atoms with Crippen LogP contribution in [0.15, 0.2) is 48.1 Å². The number of para-hydroxylation sites is 1. The first-order valence-corrected chi connectivity index (χ1v) is 13.6. The summed E-state index contributed by atoms with van der Waals surface area (Å²) in [6.45, 7) is 8.72. The second-order valence-electron chi connectivity index (χ2n) is 11.1. The zero-order valence-electron chi connectivity index (χ0n) is 22.0. The monoisotopic (exact) mass is 498 g/mol. The molecule has 6 heteroatoms. The van der Waals surface area contributed by atoms with Gasteiger partial charge in [-0.3, -0.25) is 0 Å². The minimum absolute atomic E-state index is 0.0148. The van der Waals surface area contributed by atoms with Crippen LogP contribution in [-0.4, -0.2) is 53.3 Å². The Morgan fingerprint density at radius 3 is 2.67 bits per heavy atom. The van der Waals surface area contributed by atoms with E-state index in [4.69, 9.17) is 14.2 Å².